The molecule has 1 fully saturated rings. The van der Waals surface area contributed by atoms with E-state index in [1.165, 1.54) is 24.3 Å². The number of rotatable bonds is 7. The van der Waals surface area contributed by atoms with Crippen LogP contribution in [-0.4, -0.2) is 41.7 Å². The zero-order chi connectivity index (χ0) is 21.7. The van der Waals surface area contributed by atoms with Crippen LogP contribution in [0.2, 0.25) is 0 Å². The van der Waals surface area contributed by atoms with Crippen molar-refractivity contribution in [2.24, 2.45) is 11.7 Å². The summed E-state index contributed by atoms with van der Waals surface area (Å²) in [5.41, 5.74) is 6.92. The van der Waals surface area contributed by atoms with Gasteiger partial charge >= 0.3 is 5.97 Å². The molecular weight excluding hydrogens is 386 g/mol. The molecule has 3 N–H and O–H groups in total. The fraction of sp³-hybridized carbons (Fsp3) is 0.273. The maximum Gasteiger partial charge on any atom is 0.311 e. The second kappa shape index (κ2) is 9.21. The fourth-order valence-electron chi connectivity index (χ4n) is 3.34. The summed E-state index contributed by atoms with van der Waals surface area (Å²) in [5.74, 6) is -2.39. The third kappa shape index (κ3) is 5.02. The molecule has 2 aromatic carbocycles. The lowest BCUT2D eigenvalue weighted by Gasteiger charge is -2.25. The second-order valence-corrected chi connectivity index (χ2v) is 7.13. The number of nitrogens with one attached hydrogen (secondary N) is 1. The number of hydrogen-bond donors (Lipinski definition) is 2. The average molecular weight is 409 g/mol. The topological polar surface area (TPSA) is 119 Å². The lowest BCUT2D eigenvalue weighted by Crippen LogP contribution is -2.30. The summed E-state index contributed by atoms with van der Waals surface area (Å²) < 4.78 is 5.10. The Morgan fingerprint density at radius 2 is 1.80 bits per heavy atom. The number of nitrogens with zero attached hydrogens (tertiary/aromatic N) is 1. The van der Waals surface area contributed by atoms with Gasteiger partial charge in [-0.15, -0.1) is 0 Å². The molecule has 0 aromatic heterocycles. The molecule has 0 saturated carbocycles. The first-order chi connectivity index (χ1) is 14.3. The van der Waals surface area contributed by atoms with Gasteiger partial charge in [-0.2, -0.15) is 0 Å². The Hall–Kier alpha value is -3.68. The molecule has 1 heterocycles. The number of carbonyl (C=O) groups is 4. The minimum atomic E-state index is -0.605. The van der Waals surface area contributed by atoms with Gasteiger partial charge in [0.1, 0.15) is 0 Å². The fourth-order valence-corrected chi connectivity index (χ4v) is 3.34. The second-order valence-electron chi connectivity index (χ2n) is 7.13. The number of benzene rings is 2. The van der Waals surface area contributed by atoms with Gasteiger partial charge in [0.05, 0.1) is 12.0 Å². The average Bonchev–Trinajstić information content (AvgIpc) is 3.14. The Morgan fingerprint density at radius 3 is 2.43 bits per heavy atom. The van der Waals surface area contributed by atoms with Crippen molar-refractivity contribution in [1.82, 2.24) is 4.90 Å². The number of hydrogen-bond acceptors (Lipinski definition) is 5. The smallest absolute Gasteiger partial charge is 0.311 e. The van der Waals surface area contributed by atoms with Crippen molar-refractivity contribution >= 4 is 29.4 Å². The number of amides is 3. The van der Waals surface area contributed by atoms with Crippen molar-refractivity contribution in [2.75, 3.05) is 18.5 Å². The van der Waals surface area contributed by atoms with E-state index in [0.29, 0.717) is 11.3 Å². The molecule has 3 amide bonds. The van der Waals surface area contributed by atoms with Crippen LogP contribution in [0.3, 0.4) is 0 Å². The van der Waals surface area contributed by atoms with E-state index in [9.17, 15) is 19.2 Å². The molecule has 156 valence electrons. The van der Waals surface area contributed by atoms with E-state index in [1.807, 2.05) is 37.3 Å². The Morgan fingerprint density at radius 1 is 1.13 bits per heavy atom. The zero-order valence-electron chi connectivity index (χ0n) is 16.5. The molecule has 3 rings (SSSR count). The molecule has 1 saturated heterocycles. The van der Waals surface area contributed by atoms with Crippen LogP contribution in [0.1, 0.15) is 35.3 Å². The van der Waals surface area contributed by atoms with Gasteiger partial charge in [0.15, 0.2) is 6.61 Å². The number of ether oxygens (including phenoxy) is 1. The van der Waals surface area contributed by atoms with Gasteiger partial charge in [0, 0.05) is 24.2 Å². The monoisotopic (exact) mass is 409 g/mol. The van der Waals surface area contributed by atoms with E-state index in [1.54, 1.807) is 4.90 Å². The first kappa shape index (κ1) is 21.0. The predicted octanol–water partition coefficient (Wildman–Crippen LogP) is 1.88. The maximum absolute atomic E-state index is 12.4. The van der Waals surface area contributed by atoms with Crippen LogP contribution >= 0.6 is 0 Å². The number of esters is 1. The predicted molar refractivity (Wildman–Crippen MR) is 109 cm³/mol. The summed E-state index contributed by atoms with van der Waals surface area (Å²) in [6, 6.07) is 15.4. The summed E-state index contributed by atoms with van der Waals surface area (Å²) in [6.45, 7) is 1.71. The summed E-state index contributed by atoms with van der Waals surface area (Å²) in [7, 11) is 0. The molecule has 0 aliphatic carbocycles. The van der Waals surface area contributed by atoms with Gasteiger partial charge in [0.25, 0.3) is 5.91 Å². The summed E-state index contributed by atoms with van der Waals surface area (Å²) in [6.07, 6.45) is 0.0617. The molecular formula is C22H23N3O5. The van der Waals surface area contributed by atoms with Gasteiger partial charge in [-0.1, -0.05) is 30.3 Å². The number of primary amides is 1. The first-order valence-corrected chi connectivity index (χ1v) is 9.56. The highest BCUT2D eigenvalue weighted by Gasteiger charge is 2.38. The van der Waals surface area contributed by atoms with E-state index in [-0.39, 0.29) is 24.9 Å². The van der Waals surface area contributed by atoms with Gasteiger partial charge in [-0.3, -0.25) is 19.2 Å². The third-order valence-corrected chi connectivity index (χ3v) is 5.04. The van der Waals surface area contributed by atoms with Crippen molar-refractivity contribution in [2.45, 2.75) is 19.4 Å². The molecule has 0 bridgehead atoms. The van der Waals surface area contributed by atoms with Crippen LogP contribution in [0.15, 0.2) is 54.6 Å². The minimum Gasteiger partial charge on any atom is -0.455 e. The zero-order valence-corrected chi connectivity index (χ0v) is 16.5. The summed E-state index contributed by atoms with van der Waals surface area (Å²) >= 11 is 0. The van der Waals surface area contributed by atoms with Gasteiger partial charge in [-0.25, -0.2) is 0 Å². The normalized spacial score (nSPS) is 16.8. The highest BCUT2D eigenvalue weighted by Crippen LogP contribution is 2.29. The molecule has 2 atom stereocenters. The maximum atomic E-state index is 12.4. The van der Waals surface area contributed by atoms with E-state index in [2.05, 4.69) is 5.32 Å². The lowest BCUT2D eigenvalue weighted by molar-refractivity contribution is -0.151. The van der Waals surface area contributed by atoms with Crippen molar-refractivity contribution in [3.63, 3.8) is 0 Å². The van der Waals surface area contributed by atoms with Crippen LogP contribution in [-0.2, 0) is 19.1 Å². The number of likely N-dealkylation sites (tertiary alicyclic amines) is 1. The molecule has 8 nitrogen and oxygen atoms in total. The largest absolute Gasteiger partial charge is 0.455 e. The molecule has 1 aliphatic rings. The number of nitrogens with two attached hydrogens (primary N) is 1. The molecule has 0 radical (unpaired) electrons. The van der Waals surface area contributed by atoms with Crippen LogP contribution in [0.25, 0.3) is 0 Å². The van der Waals surface area contributed by atoms with Crippen LogP contribution in [0.5, 0.6) is 0 Å². The van der Waals surface area contributed by atoms with E-state index < -0.39 is 30.3 Å². The Balaban J connectivity index is 1.49. The van der Waals surface area contributed by atoms with Gasteiger partial charge in [-0.05, 0) is 36.8 Å². The lowest BCUT2D eigenvalue weighted by atomic mass is 10.1. The SMILES string of the molecule is C[C@@H](c1ccccc1)N1C[C@H](C(=O)OCC(=O)Nc2ccc(C(N)=O)cc2)CC1=O. The molecule has 1 aliphatic heterocycles. The molecule has 2 aromatic rings. The summed E-state index contributed by atoms with van der Waals surface area (Å²) in [4.78, 5) is 49.4. The molecule has 0 spiro atoms. The van der Waals surface area contributed by atoms with Crippen LogP contribution in [0.4, 0.5) is 5.69 Å². The molecule has 0 unspecified atom stereocenters. The third-order valence-electron chi connectivity index (χ3n) is 5.04. The Bertz CT molecular complexity index is 943. The van der Waals surface area contributed by atoms with E-state index >= 15 is 0 Å². The van der Waals surface area contributed by atoms with Crippen LogP contribution < -0.4 is 11.1 Å². The molecule has 30 heavy (non-hydrogen) atoms. The van der Waals surface area contributed by atoms with E-state index in [0.717, 1.165) is 5.56 Å². The van der Waals surface area contributed by atoms with Gasteiger partial charge < -0.3 is 20.7 Å². The van der Waals surface area contributed by atoms with Crippen molar-refractivity contribution < 1.29 is 23.9 Å². The number of anilines is 1. The minimum absolute atomic E-state index is 0.0617. The standard InChI is InChI=1S/C22H23N3O5/c1-14(15-5-3-2-4-6-15)25-12-17(11-20(25)27)22(29)30-13-19(26)24-18-9-7-16(8-10-18)21(23)28/h2-10,14,17H,11-13H2,1H3,(H2,23,28)(H,24,26)/t14-,17+/m0/s1. The highest BCUT2D eigenvalue weighted by atomic mass is 16.5. The van der Waals surface area contributed by atoms with Gasteiger partial charge in [0.2, 0.25) is 11.8 Å². The van der Waals surface area contributed by atoms with Crippen molar-refractivity contribution in [3.8, 4) is 0 Å². The Labute approximate surface area is 174 Å². The van der Waals surface area contributed by atoms with Crippen molar-refractivity contribution in [1.29, 1.82) is 0 Å². The highest BCUT2D eigenvalue weighted by molar-refractivity contribution is 5.96. The quantitative estimate of drug-likeness (QED) is 0.677. The van der Waals surface area contributed by atoms with Crippen LogP contribution in [0, 0.1) is 5.92 Å². The first-order valence-electron chi connectivity index (χ1n) is 9.56. The summed E-state index contributed by atoms with van der Waals surface area (Å²) in [5, 5.41) is 2.57. The van der Waals surface area contributed by atoms with Crippen molar-refractivity contribution in [3.05, 3.63) is 65.7 Å². The molecule has 8 heteroatoms. The van der Waals surface area contributed by atoms with E-state index in [4.69, 9.17) is 10.5 Å². The number of carbonyl (C=O) groups excluding carboxylic acids is 4. The Kier molecular flexibility index (Phi) is 6.46.